The third-order valence-corrected chi connectivity index (χ3v) is 7.35. The molecule has 34 heavy (non-hydrogen) atoms. The Morgan fingerprint density at radius 2 is 1.56 bits per heavy atom. The molecule has 1 heterocycles. The number of aryl methyl sites for hydroxylation is 1. The molecule has 0 unspecified atom stereocenters. The molecular weight excluding hydrogens is 527 g/mol. The maximum absolute atomic E-state index is 12.1. The molecule has 0 bridgehead atoms. The SMILES string of the molecule is Cc1nn(-c2cc(Cl)c(S(=O)(=O)O)cc2Cl)cc1N=Nc1ccc2ccccc2c1S(=O)(=O)O. The van der Waals surface area contributed by atoms with Crippen LogP contribution < -0.4 is 0 Å². The Balaban J connectivity index is 1.78. The second-order valence-corrected chi connectivity index (χ2v) is 10.6. The first-order valence-electron chi connectivity index (χ1n) is 9.30. The number of benzene rings is 3. The van der Waals surface area contributed by atoms with Crippen LogP contribution in [0.25, 0.3) is 16.5 Å². The molecule has 0 aliphatic rings. The van der Waals surface area contributed by atoms with Crippen molar-refractivity contribution in [3.63, 3.8) is 0 Å². The summed E-state index contributed by atoms with van der Waals surface area (Å²) < 4.78 is 67.2. The van der Waals surface area contributed by atoms with Gasteiger partial charge < -0.3 is 0 Å². The van der Waals surface area contributed by atoms with Gasteiger partial charge in [-0.05, 0) is 30.5 Å². The van der Waals surface area contributed by atoms with E-state index in [1.807, 2.05) is 0 Å². The van der Waals surface area contributed by atoms with Crippen molar-refractivity contribution in [1.29, 1.82) is 0 Å². The predicted octanol–water partition coefficient (Wildman–Crippen LogP) is 5.55. The number of aromatic nitrogens is 2. The largest absolute Gasteiger partial charge is 0.297 e. The van der Waals surface area contributed by atoms with Gasteiger partial charge in [-0.2, -0.15) is 21.9 Å². The van der Waals surface area contributed by atoms with Crippen molar-refractivity contribution in [2.24, 2.45) is 10.2 Å². The van der Waals surface area contributed by atoms with Gasteiger partial charge in [-0.3, -0.25) is 9.11 Å². The maximum Gasteiger partial charge on any atom is 0.297 e. The zero-order valence-corrected chi connectivity index (χ0v) is 20.2. The molecule has 4 rings (SSSR count). The standard InChI is InChI=1S/C20H14Cl2N4O6S2/c1-11-17(10-26(25-11)18-8-15(22)19(9-14(18)21)33(27,28)29)24-23-16-7-6-12-4-2-3-5-13(12)20(16)34(30,31)32/h2-10H,1H3,(H,27,28,29)(H,30,31,32). The monoisotopic (exact) mass is 540 g/mol. The molecule has 176 valence electrons. The molecule has 0 aliphatic heterocycles. The lowest BCUT2D eigenvalue weighted by atomic mass is 10.1. The van der Waals surface area contributed by atoms with Crippen LogP contribution in [0.4, 0.5) is 11.4 Å². The summed E-state index contributed by atoms with van der Waals surface area (Å²) in [5, 5.41) is 12.9. The lowest BCUT2D eigenvalue weighted by Crippen LogP contribution is -2.02. The molecule has 0 atom stereocenters. The van der Waals surface area contributed by atoms with Gasteiger partial charge in [-0.25, -0.2) is 4.68 Å². The molecule has 14 heteroatoms. The summed E-state index contributed by atoms with van der Waals surface area (Å²) in [6.45, 7) is 1.61. The number of hydrogen-bond donors (Lipinski definition) is 2. The second-order valence-electron chi connectivity index (χ2n) is 7.06. The summed E-state index contributed by atoms with van der Waals surface area (Å²) in [5.41, 5.74) is 0.740. The third-order valence-electron chi connectivity index (χ3n) is 4.78. The molecule has 0 aliphatic carbocycles. The highest BCUT2D eigenvalue weighted by atomic mass is 35.5. The van der Waals surface area contributed by atoms with Gasteiger partial charge in [0.2, 0.25) is 0 Å². The minimum absolute atomic E-state index is 0.0637. The summed E-state index contributed by atoms with van der Waals surface area (Å²) in [6.07, 6.45) is 1.41. The van der Waals surface area contributed by atoms with Crippen molar-refractivity contribution in [1.82, 2.24) is 9.78 Å². The van der Waals surface area contributed by atoms with E-state index in [2.05, 4.69) is 15.3 Å². The Morgan fingerprint density at radius 3 is 2.24 bits per heavy atom. The molecular formula is C20H14Cl2N4O6S2. The van der Waals surface area contributed by atoms with Gasteiger partial charge in [0, 0.05) is 5.39 Å². The fraction of sp³-hybridized carbons (Fsp3) is 0.0500. The summed E-state index contributed by atoms with van der Waals surface area (Å²) in [5.74, 6) is 0. The van der Waals surface area contributed by atoms with E-state index >= 15 is 0 Å². The van der Waals surface area contributed by atoms with Crippen LogP contribution in [-0.2, 0) is 20.2 Å². The Hall–Kier alpha value is -2.87. The lowest BCUT2D eigenvalue weighted by Gasteiger charge is -2.08. The fourth-order valence-electron chi connectivity index (χ4n) is 3.25. The van der Waals surface area contributed by atoms with Crippen molar-refractivity contribution < 1.29 is 25.9 Å². The molecule has 0 fully saturated rings. The van der Waals surface area contributed by atoms with Gasteiger partial charge in [-0.1, -0.05) is 53.5 Å². The number of azo groups is 1. The summed E-state index contributed by atoms with van der Waals surface area (Å²) in [6, 6.07) is 11.9. The zero-order chi connectivity index (χ0) is 24.8. The first kappa shape index (κ1) is 24.3. The van der Waals surface area contributed by atoms with E-state index in [0.29, 0.717) is 11.1 Å². The van der Waals surface area contributed by atoms with Crippen molar-refractivity contribution in [2.45, 2.75) is 16.7 Å². The maximum atomic E-state index is 12.1. The van der Waals surface area contributed by atoms with E-state index in [-0.39, 0.29) is 37.4 Å². The fourth-order valence-corrected chi connectivity index (χ4v) is 5.43. The minimum Gasteiger partial charge on any atom is -0.282 e. The zero-order valence-electron chi connectivity index (χ0n) is 17.1. The van der Waals surface area contributed by atoms with Crippen molar-refractivity contribution >= 4 is 65.6 Å². The first-order valence-corrected chi connectivity index (χ1v) is 12.9. The molecule has 10 nitrogen and oxygen atoms in total. The highest BCUT2D eigenvalue weighted by Gasteiger charge is 2.21. The molecule has 1 aromatic heterocycles. The van der Waals surface area contributed by atoms with Gasteiger partial charge in [0.1, 0.15) is 21.2 Å². The Kier molecular flexibility index (Phi) is 6.23. The van der Waals surface area contributed by atoms with Crippen LogP contribution in [0.3, 0.4) is 0 Å². The molecule has 0 amide bonds. The van der Waals surface area contributed by atoms with Crippen LogP contribution in [-0.4, -0.2) is 35.7 Å². The Labute approximate surface area is 204 Å². The van der Waals surface area contributed by atoms with Gasteiger partial charge in [-0.15, -0.1) is 10.2 Å². The normalized spacial score (nSPS) is 12.6. The van der Waals surface area contributed by atoms with E-state index in [1.165, 1.54) is 23.0 Å². The number of hydrogen-bond acceptors (Lipinski definition) is 7. The van der Waals surface area contributed by atoms with Crippen LogP contribution in [0, 0.1) is 6.92 Å². The molecule has 2 N–H and O–H groups in total. The minimum atomic E-state index is -4.62. The second kappa shape index (κ2) is 8.73. The van der Waals surface area contributed by atoms with Gasteiger partial charge in [0.05, 0.1) is 27.6 Å². The number of nitrogens with zero attached hydrogens (tertiary/aromatic N) is 4. The van der Waals surface area contributed by atoms with Gasteiger partial charge >= 0.3 is 0 Å². The number of fused-ring (bicyclic) bond motifs is 1. The van der Waals surface area contributed by atoms with E-state index < -0.39 is 25.1 Å². The molecule has 0 saturated heterocycles. The van der Waals surface area contributed by atoms with Crippen molar-refractivity contribution in [2.75, 3.05) is 0 Å². The van der Waals surface area contributed by atoms with Crippen LogP contribution in [0.2, 0.25) is 10.0 Å². The van der Waals surface area contributed by atoms with Crippen molar-refractivity contribution in [3.05, 3.63) is 70.5 Å². The lowest BCUT2D eigenvalue weighted by molar-refractivity contribution is 0.481. The van der Waals surface area contributed by atoms with Gasteiger partial charge in [0.25, 0.3) is 20.2 Å². The van der Waals surface area contributed by atoms with Crippen LogP contribution in [0.5, 0.6) is 0 Å². The average Bonchev–Trinajstić information content (AvgIpc) is 3.11. The average molecular weight is 541 g/mol. The quantitative estimate of drug-likeness (QED) is 0.248. The first-order chi connectivity index (χ1) is 15.9. The Morgan fingerprint density at radius 1 is 0.882 bits per heavy atom. The van der Waals surface area contributed by atoms with E-state index in [0.717, 1.165) is 6.07 Å². The summed E-state index contributed by atoms with van der Waals surface area (Å²) >= 11 is 12.1. The smallest absolute Gasteiger partial charge is 0.282 e. The molecule has 0 radical (unpaired) electrons. The van der Waals surface area contributed by atoms with E-state index in [9.17, 15) is 25.9 Å². The van der Waals surface area contributed by atoms with Crippen LogP contribution in [0.15, 0.2) is 74.7 Å². The van der Waals surface area contributed by atoms with Crippen LogP contribution in [0.1, 0.15) is 5.69 Å². The number of rotatable bonds is 5. The van der Waals surface area contributed by atoms with E-state index in [1.54, 1.807) is 37.3 Å². The van der Waals surface area contributed by atoms with Crippen LogP contribution >= 0.6 is 23.2 Å². The highest BCUT2D eigenvalue weighted by molar-refractivity contribution is 7.86. The van der Waals surface area contributed by atoms with E-state index in [4.69, 9.17) is 23.2 Å². The van der Waals surface area contributed by atoms with Gasteiger partial charge in [0.15, 0.2) is 0 Å². The predicted molar refractivity (Wildman–Crippen MR) is 126 cm³/mol. The topological polar surface area (TPSA) is 151 Å². The van der Waals surface area contributed by atoms with Crippen molar-refractivity contribution in [3.8, 4) is 5.69 Å². The summed E-state index contributed by atoms with van der Waals surface area (Å²) in [4.78, 5) is -0.934. The third kappa shape index (κ3) is 4.69. The molecule has 0 saturated carbocycles. The molecule has 4 aromatic rings. The summed E-state index contributed by atoms with van der Waals surface area (Å²) in [7, 11) is -9.19. The highest BCUT2D eigenvalue weighted by Crippen LogP contribution is 2.35. The molecule has 0 spiro atoms. The number of halogens is 2. The Bertz CT molecular complexity index is 1700. The molecule has 3 aromatic carbocycles.